The molecule has 0 spiro atoms. The Kier molecular flexibility index (Phi) is 7.36. The van der Waals surface area contributed by atoms with E-state index in [1.54, 1.807) is 0 Å². The summed E-state index contributed by atoms with van der Waals surface area (Å²) in [5.41, 5.74) is 12.2. The average Bonchev–Trinajstić information content (AvgIpc) is 3.56. The predicted octanol–water partition coefficient (Wildman–Crippen LogP) is 12.1. The summed E-state index contributed by atoms with van der Waals surface area (Å²) in [5, 5.41) is 2.52. The zero-order valence-corrected chi connectivity index (χ0v) is 28.9. The first-order valence-corrected chi connectivity index (χ1v) is 18.0. The fraction of sp³-hybridized carbons (Fsp3) is 0.0200. The van der Waals surface area contributed by atoms with Crippen molar-refractivity contribution in [3.8, 4) is 56.4 Å². The van der Waals surface area contributed by atoms with Gasteiger partial charge in [0, 0.05) is 16.7 Å². The van der Waals surface area contributed by atoms with Crippen LogP contribution in [-0.4, -0.2) is 15.0 Å². The Bertz CT molecular complexity index is 2760. The van der Waals surface area contributed by atoms with Crippen molar-refractivity contribution in [2.75, 3.05) is 0 Å². The first-order valence-electron chi connectivity index (χ1n) is 18.0. The summed E-state index contributed by atoms with van der Waals surface area (Å²) in [4.78, 5) is 15.2. The summed E-state index contributed by atoms with van der Waals surface area (Å²) in [7, 11) is 0. The first kappa shape index (κ1) is 30.8. The van der Waals surface area contributed by atoms with Crippen molar-refractivity contribution in [3.63, 3.8) is 0 Å². The van der Waals surface area contributed by atoms with E-state index in [4.69, 9.17) is 15.0 Å². The molecule has 0 amide bonds. The second kappa shape index (κ2) is 12.7. The molecule has 1 aliphatic carbocycles. The van der Waals surface area contributed by atoms with E-state index in [-0.39, 0.29) is 0 Å². The summed E-state index contributed by atoms with van der Waals surface area (Å²) >= 11 is 0. The number of aromatic nitrogens is 3. The molecule has 53 heavy (non-hydrogen) atoms. The monoisotopic (exact) mass is 675 g/mol. The molecule has 10 rings (SSSR count). The van der Waals surface area contributed by atoms with Crippen molar-refractivity contribution in [1.29, 1.82) is 0 Å². The average molecular weight is 676 g/mol. The van der Waals surface area contributed by atoms with Crippen LogP contribution in [0.15, 0.2) is 200 Å². The fourth-order valence-electron chi connectivity index (χ4n) is 8.21. The van der Waals surface area contributed by atoms with Gasteiger partial charge in [0.05, 0.1) is 5.41 Å². The van der Waals surface area contributed by atoms with Crippen LogP contribution in [0.1, 0.15) is 22.3 Å². The highest BCUT2D eigenvalue weighted by Crippen LogP contribution is 2.57. The third kappa shape index (κ3) is 5.09. The summed E-state index contributed by atoms with van der Waals surface area (Å²) in [6.07, 6.45) is 0. The van der Waals surface area contributed by atoms with Crippen LogP contribution in [0.5, 0.6) is 0 Å². The van der Waals surface area contributed by atoms with E-state index < -0.39 is 5.41 Å². The number of hydrogen-bond donors (Lipinski definition) is 0. The van der Waals surface area contributed by atoms with Gasteiger partial charge < -0.3 is 0 Å². The van der Waals surface area contributed by atoms with Crippen molar-refractivity contribution >= 4 is 10.8 Å². The molecule has 1 unspecified atom stereocenters. The Morgan fingerprint density at radius 3 is 1.58 bits per heavy atom. The van der Waals surface area contributed by atoms with E-state index >= 15 is 0 Å². The van der Waals surface area contributed by atoms with Gasteiger partial charge in [0.15, 0.2) is 17.5 Å². The quantitative estimate of drug-likeness (QED) is 0.176. The van der Waals surface area contributed by atoms with E-state index in [2.05, 4.69) is 176 Å². The summed E-state index contributed by atoms with van der Waals surface area (Å²) in [6.45, 7) is 0. The maximum Gasteiger partial charge on any atom is 0.164 e. The van der Waals surface area contributed by atoms with E-state index in [9.17, 15) is 0 Å². The highest BCUT2D eigenvalue weighted by atomic mass is 15.0. The van der Waals surface area contributed by atoms with Crippen molar-refractivity contribution < 1.29 is 0 Å². The van der Waals surface area contributed by atoms with Crippen LogP contribution in [0.3, 0.4) is 0 Å². The molecule has 8 aromatic carbocycles. The minimum absolute atomic E-state index is 0.507. The molecular formula is C50H33N3. The molecule has 1 heterocycles. The van der Waals surface area contributed by atoms with Crippen LogP contribution in [-0.2, 0) is 5.41 Å². The van der Waals surface area contributed by atoms with Crippen LogP contribution in [0, 0.1) is 0 Å². The lowest BCUT2D eigenvalue weighted by Gasteiger charge is -2.34. The molecule has 248 valence electrons. The molecule has 0 fully saturated rings. The maximum absolute atomic E-state index is 5.12. The lowest BCUT2D eigenvalue weighted by Crippen LogP contribution is -2.28. The number of fused-ring (bicyclic) bond motifs is 5. The standard InChI is InChI=1S/C50H33N3/c1-4-15-34(16-5-1)38-20-14-21-39(33-38)49-52-47(36-18-6-2-7-19-36)51-48(53-49)37-27-30-41(31-28-37)50(40-22-8-3-9-23-40)44-26-13-12-25-43(44)46-42-24-11-10-17-35(42)29-32-45(46)50/h1-33H. The van der Waals surface area contributed by atoms with Crippen LogP contribution in [0.2, 0.25) is 0 Å². The van der Waals surface area contributed by atoms with Crippen LogP contribution >= 0.6 is 0 Å². The molecule has 0 saturated heterocycles. The third-order valence-electron chi connectivity index (χ3n) is 10.6. The largest absolute Gasteiger partial charge is 0.208 e. The van der Waals surface area contributed by atoms with Gasteiger partial charge in [0.2, 0.25) is 0 Å². The van der Waals surface area contributed by atoms with Gasteiger partial charge in [-0.2, -0.15) is 0 Å². The molecule has 0 saturated carbocycles. The van der Waals surface area contributed by atoms with Crippen molar-refractivity contribution in [2.24, 2.45) is 0 Å². The van der Waals surface area contributed by atoms with Gasteiger partial charge in [-0.25, -0.2) is 15.0 Å². The topological polar surface area (TPSA) is 38.7 Å². The normalized spacial score (nSPS) is 14.5. The van der Waals surface area contributed by atoms with Gasteiger partial charge in [-0.15, -0.1) is 0 Å². The third-order valence-corrected chi connectivity index (χ3v) is 10.6. The molecule has 0 aliphatic heterocycles. The fourth-order valence-corrected chi connectivity index (χ4v) is 8.21. The lowest BCUT2D eigenvalue weighted by molar-refractivity contribution is 0.769. The lowest BCUT2D eigenvalue weighted by atomic mass is 9.67. The van der Waals surface area contributed by atoms with E-state index in [1.165, 1.54) is 44.2 Å². The summed E-state index contributed by atoms with van der Waals surface area (Å²) < 4.78 is 0. The van der Waals surface area contributed by atoms with Crippen molar-refractivity contribution in [2.45, 2.75) is 5.41 Å². The summed E-state index contributed by atoms with van der Waals surface area (Å²) in [5.74, 6) is 1.92. The number of nitrogens with zero attached hydrogens (tertiary/aromatic N) is 3. The van der Waals surface area contributed by atoms with Crippen molar-refractivity contribution in [3.05, 3.63) is 222 Å². The molecule has 1 aliphatic rings. The van der Waals surface area contributed by atoms with Gasteiger partial charge in [0.25, 0.3) is 0 Å². The molecule has 1 atom stereocenters. The van der Waals surface area contributed by atoms with Crippen LogP contribution in [0.25, 0.3) is 67.2 Å². The van der Waals surface area contributed by atoms with E-state index in [0.717, 1.165) is 27.8 Å². The second-order valence-corrected chi connectivity index (χ2v) is 13.6. The predicted molar refractivity (Wildman–Crippen MR) is 216 cm³/mol. The molecule has 3 heteroatoms. The Hall–Kier alpha value is -6.97. The van der Waals surface area contributed by atoms with E-state index in [1.807, 2.05) is 24.3 Å². The first-order chi connectivity index (χ1) is 26.3. The van der Waals surface area contributed by atoms with Gasteiger partial charge in [0.1, 0.15) is 0 Å². The van der Waals surface area contributed by atoms with Crippen LogP contribution in [0.4, 0.5) is 0 Å². The second-order valence-electron chi connectivity index (χ2n) is 13.6. The maximum atomic E-state index is 5.12. The molecule has 0 radical (unpaired) electrons. The van der Waals surface area contributed by atoms with Gasteiger partial charge >= 0.3 is 0 Å². The molecule has 3 nitrogen and oxygen atoms in total. The molecule has 9 aromatic rings. The minimum Gasteiger partial charge on any atom is -0.208 e. The molecular weight excluding hydrogens is 643 g/mol. The number of benzene rings is 8. The van der Waals surface area contributed by atoms with Crippen LogP contribution < -0.4 is 0 Å². The highest BCUT2D eigenvalue weighted by Gasteiger charge is 2.46. The Morgan fingerprint density at radius 1 is 0.321 bits per heavy atom. The number of hydrogen-bond acceptors (Lipinski definition) is 3. The Balaban J connectivity index is 1.15. The van der Waals surface area contributed by atoms with Gasteiger partial charge in [-0.3, -0.25) is 0 Å². The van der Waals surface area contributed by atoms with Crippen molar-refractivity contribution in [1.82, 2.24) is 15.0 Å². The number of rotatable bonds is 6. The Morgan fingerprint density at radius 2 is 0.849 bits per heavy atom. The SMILES string of the molecule is c1ccc(-c2cccc(-c3nc(-c4ccccc4)nc(-c4ccc(C5(c6ccccc6)c6ccccc6-c6c5ccc5ccccc65)cc4)n3)c2)cc1. The molecule has 0 N–H and O–H groups in total. The summed E-state index contributed by atoms with van der Waals surface area (Å²) in [6, 6.07) is 71.1. The molecule has 1 aromatic heterocycles. The smallest absolute Gasteiger partial charge is 0.164 e. The van der Waals surface area contributed by atoms with Gasteiger partial charge in [-0.05, 0) is 61.3 Å². The molecule has 0 bridgehead atoms. The zero-order valence-electron chi connectivity index (χ0n) is 28.9. The Labute approximate surface area is 309 Å². The van der Waals surface area contributed by atoms with Gasteiger partial charge in [-0.1, -0.05) is 194 Å². The highest BCUT2D eigenvalue weighted by molar-refractivity contribution is 6.04. The van der Waals surface area contributed by atoms with E-state index in [0.29, 0.717) is 17.5 Å². The minimum atomic E-state index is -0.507. The zero-order chi connectivity index (χ0) is 35.2.